The summed E-state index contributed by atoms with van der Waals surface area (Å²) in [4.78, 5) is 87.7. The smallest absolute Gasteiger partial charge is 0.247 e. The van der Waals surface area contributed by atoms with Gasteiger partial charge >= 0.3 is 0 Å². The fourth-order valence-electron chi connectivity index (χ4n) is 9.41. The summed E-state index contributed by atoms with van der Waals surface area (Å²) >= 11 is 12.9. The summed E-state index contributed by atoms with van der Waals surface area (Å²) in [5, 5.41) is 6.92. The van der Waals surface area contributed by atoms with E-state index < -0.39 is 47.8 Å². The molecule has 5 aromatic rings. The highest BCUT2D eigenvalue weighted by molar-refractivity contribution is 6.31. The van der Waals surface area contributed by atoms with Crippen LogP contribution in [0, 0.1) is 5.92 Å². The van der Waals surface area contributed by atoms with E-state index in [1.807, 2.05) is 115 Å². The molecule has 1 aliphatic rings. The summed E-state index contributed by atoms with van der Waals surface area (Å²) in [6.45, 7) is 3.05. The van der Waals surface area contributed by atoms with Crippen molar-refractivity contribution in [3.63, 3.8) is 0 Å². The van der Waals surface area contributed by atoms with Gasteiger partial charge in [0, 0.05) is 80.9 Å². The first-order valence-electron chi connectivity index (χ1n) is 25.9. The maximum atomic E-state index is 15.6. The third-order valence-corrected chi connectivity index (χ3v) is 14.5. The van der Waals surface area contributed by atoms with E-state index in [-0.39, 0.29) is 57.2 Å². The quantitative estimate of drug-likeness (QED) is 0.0842. The predicted octanol–water partition coefficient (Wildman–Crippen LogP) is 7.49. The van der Waals surface area contributed by atoms with E-state index in [2.05, 4.69) is 30.0 Å². The fraction of sp³-hybridized carbons (Fsp3) is 0.448. The normalized spacial score (nSPS) is 19.7. The molecule has 0 saturated carbocycles. The molecular weight excluding hydrogens is 1010 g/mol. The van der Waals surface area contributed by atoms with Gasteiger partial charge in [-0.15, -0.1) is 0 Å². The van der Waals surface area contributed by atoms with Crippen LogP contribution in [0.25, 0.3) is 11.3 Å². The Hall–Kier alpha value is -6.30. The van der Waals surface area contributed by atoms with Crippen molar-refractivity contribution in [2.24, 2.45) is 13.0 Å². The Morgan fingerprint density at radius 2 is 1.45 bits per heavy atom. The zero-order chi connectivity index (χ0) is 55.1. The van der Waals surface area contributed by atoms with Gasteiger partial charge < -0.3 is 49.2 Å². The average Bonchev–Trinajstić information content (AvgIpc) is 3.75. The monoisotopic (exact) mass is 1080 g/mol. The van der Waals surface area contributed by atoms with Crippen LogP contribution in [-0.4, -0.2) is 157 Å². The van der Waals surface area contributed by atoms with Crippen LogP contribution in [0.4, 0.5) is 0 Å². The first-order valence-corrected chi connectivity index (χ1v) is 26.6. The summed E-state index contributed by atoms with van der Waals surface area (Å²) < 4.78 is 14.3. The van der Waals surface area contributed by atoms with E-state index in [1.54, 1.807) is 49.3 Å². The van der Waals surface area contributed by atoms with E-state index in [0.717, 1.165) is 34.8 Å². The highest BCUT2D eigenvalue weighted by Crippen LogP contribution is 2.33. The molecule has 0 aliphatic carbocycles. The minimum Gasteiger partial charge on any atom is -0.457 e. The number of hydrogen-bond donors (Lipinski definition) is 2. The molecule has 4 aromatic carbocycles. The molecular formula is C58H75Cl2N9O7. The van der Waals surface area contributed by atoms with Crippen LogP contribution in [-0.2, 0) is 61.7 Å². The fourth-order valence-corrected chi connectivity index (χ4v) is 9.70. The standard InChI is InChI=1S/C58H75Cl2N9O7/c1-39-34-62-54(70)33-47(30-41-18-23-45(59)24-19-41)67(7)58(74)49(38-75-9)63-56(72)50(17-13-14-28-64(2)3)69(55(71)31-44(57(73)66(39)6)29-40-15-11-10-12-16-40)36-43-20-25-46(60)32-52(43)76-48-26-21-42(22-27-48)51-35-61-53(68(51)8)37-65(4)5/h10-12,15-16,18-27,32,35,39,44,47,49-50H,13-14,17,28-31,33-34,36-38H2,1-9H3,(H,62,70)(H,63,72)/t39-,44+,47-,49-,50-/m0/s1. The second-order valence-electron chi connectivity index (χ2n) is 20.4. The number of ether oxygens (including phenoxy) is 2. The molecule has 0 radical (unpaired) electrons. The van der Waals surface area contributed by atoms with Gasteiger partial charge in [-0.25, -0.2) is 4.98 Å². The lowest BCUT2D eigenvalue weighted by atomic mass is 9.92. The largest absolute Gasteiger partial charge is 0.457 e. The van der Waals surface area contributed by atoms with Gasteiger partial charge in [0.15, 0.2) is 0 Å². The number of nitrogens with one attached hydrogen (secondary N) is 2. The van der Waals surface area contributed by atoms with Crippen LogP contribution >= 0.6 is 23.2 Å². The summed E-state index contributed by atoms with van der Waals surface area (Å²) in [5.74, 6) is -1.21. The zero-order valence-electron chi connectivity index (χ0n) is 45.4. The van der Waals surface area contributed by atoms with E-state index in [4.69, 9.17) is 32.7 Å². The van der Waals surface area contributed by atoms with Crippen molar-refractivity contribution in [2.45, 2.75) is 89.1 Å². The minimum absolute atomic E-state index is 0.0752. The Labute approximate surface area is 458 Å². The molecule has 1 aliphatic heterocycles. The molecule has 2 heterocycles. The van der Waals surface area contributed by atoms with Crippen molar-refractivity contribution in [3.05, 3.63) is 136 Å². The van der Waals surface area contributed by atoms with Crippen LogP contribution in [0.2, 0.25) is 10.0 Å². The van der Waals surface area contributed by atoms with E-state index in [9.17, 15) is 14.4 Å². The topological polar surface area (TPSA) is 162 Å². The van der Waals surface area contributed by atoms with Gasteiger partial charge in [0.2, 0.25) is 29.5 Å². The van der Waals surface area contributed by atoms with Crippen molar-refractivity contribution < 1.29 is 33.4 Å². The van der Waals surface area contributed by atoms with E-state index >= 15 is 9.59 Å². The van der Waals surface area contributed by atoms with E-state index in [0.29, 0.717) is 52.9 Å². The lowest BCUT2D eigenvalue weighted by Crippen LogP contribution is -2.58. The highest BCUT2D eigenvalue weighted by atomic mass is 35.5. The van der Waals surface area contributed by atoms with Crippen LogP contribution in [0.15, 0.2) is 103 Å². The number of unbranched alkanes of at least 4 members (excludes halogenated alkanes) is 1. The Bertz CT molecular complexity index is 2720. The second-order valence-corrected chi connectivity index (χ2v) is 21.3. The van der Waals surface area contributed by atoms with Crippen LogP contribution in [0.1, 0.15) is 61.5 Å². The molecule has 1 fully saturated rings. The number of imidazole rings is 1. The van der Waals surface area contributed by atoms with E-state index in [1.165, 1.54) is 16.9 Å². The van der Waals surface area contributed by atoms with Gasteiger partial charge in [-0.2, -0.15) is 0 Å². The molecule has 1 aromatic heterocycles. The third-order valence-electron chi connectivity index (χ3n) is 14.0. The maximum absolute atomic E-state index is 15.6. The van der Waals surface area contributed by atoms with Crippen molar-refractivity contribution in [1.82, 2.24) is 44.7 Å². The zero-order valence-corrected chi connectivity index (χ0v) is 46.9. The van der Waals surface area contributed by atoms with Gasteiger partial charge in [0.1, 0.15) is 29.4 Å². The molecule has 18 heteroatoms. The number of aromatic nitrogens is 2. The van der Waals surface area contributed by atoms with Gasteiger partial charge in [-0.1, -0.05) is 71.7 Å². The number of rotatable bonds is 18. The van der Waals surface area contributed by atoms with Crippen LogP contribution in [0.5, 0.6) is 11.5 Å². The molecule has 1 saturated heterocycles. The van der Waals surface area contributed by atoms with Gasteiger partial charge in [0.05, 0.1) is 37.5 Å². The molecule has 5 amide bonds. The highest BCUT2D eigenvalue weighted by Gasteiger charge is 2.38. The number of carbonyl (C=O) groups is 5. The number of halogens is 2. The number of amides is 5. The maximum Gasteiger partial charge on any atom is 0.247 e. The molecule has 5 atom stereocenters. The van der Waals surface area contributed by atoms with Crippen LogP contribution < -0.4 is 15.4 Å². The first kappa shape index (κ1) is 59.0. The number of methoxy groups -OCH3 is 1. The SMILES string of the molecule is COC[C@@H]1NC(=O)[C@H](CCCCN(C)C)N(Cc2ccc(Cl)cc2Oc2ccc(-c3cnc(CN(C)C)n3C)cc2)C(=O)C[C@@H](Cc2ccccc2)C(=O)N(C)[C@@H](C)CNC(=O)C[C@H](Cc2ccc(Cl)cc2)N(C)C1=O. The number of benzene rings is 4. The Morgan fingerprint density at radius 3 is 2.12 bits per heavy atom. The summed E-state index contributed by atoms with van der Waals surface area (Å²) in [6, 6.07) is 26.0. The van der Waals surface area contributed by atoms with Gasteiger partial charge in [-0.3, -0.25) is 24.0 Å². The second kappa shape index (κ2) is 28.2. The molecule has 16 nitrogen and oxygen atoms in total. The summed E-state index contributed by atoms with van der Waals surface area (Å²) in [7, 11) is 14.6. The molecule has 0 spiro atoms. The lowest BCUT2D eigenvalue weighted by Gasteiger charge is -2.36. The lowest BCUT2D eigenvalue weighted by molar-refractivity contribution is -0.147. The van der Waals surface area contributed by atoms with Gasteiger partial charge in [-0.05, 0) is 133 Å². The molecule has 76 heavy (non-hydrogen) atoms. The number of nitrogens with zero attached hydrogens (tertiary/aromatic N) is 7. The van der Waals surface area contributed by atoms with Gasteiger partial charge in [0.25, 0.3) is 0 Å². The Morgan fingerprint density at radius 1 is 0.763 bits per heavy atom. The first-order chi connectivity index (χ1) is 36.3. The summed E-state index contributed by atoms with van der Waals surface area (Å²) in [6.07, 6.45) is 3.50. The predicted molar refractivity (Wildman–Crippen MR) is 298 cm³/mol. The minimum atomic E-state index is -1.21. The number of hydrogen-bond acceptors (Lipinski definition) is 10. The summed E-state index contributed by atoms with van der Waals surface area (Å²) in [5.41, 5.74) is 4.12. The number of likely N-dealkylation sites (N-methyl/N-ethyl adjacent to an activating group) is 2. The van der Waals surface area contributed by atoms with Crippen molar-refractivity contribution in [1.29, 1.82) is 0 Å². The molecule has 6 rings (SSSR count). The van der Waals surface area contributed by atoms with Crippen LogP contribution in [0.3, 0.4) is 0 Å². The molecule has 0 unspecified atom stereocenters. The number of carbonyl (C=O) groups excluding carboxylic acids is 5. The molecule has 408 valence electrons. The third kappa shape index (κ3) is 16.6. The Kier molecular flexibility index (Phi) is 21.9. The van der Waals surface area contributed by atoms with Crippen molar-refractivity contribution in [3.8, 4) is 22.8 Å². The van der Waals surface area contributed by atoms with Crippen molar-refractivity contribution >= 4 is 52.7 Å². The average molecular weight is 1080 g/mol. The molecule has 0 bridgehead atoms. The van der Waals surface area contributed by atoms with Crippen molar-refractivity contribution in [2.75, 3.05) is 69.1 Å². The molecule has 2 N–H and O–H groups in total. The Balaban J connectivity index is 1.43.